The summed E-state index contributed by atoms with van der Waals surface area (Å²) < 4.78 is 30.3. The second kappa shape index (κ2) is 9.40. The first-order valence-corrected chi connectivity index (χ1v) is 12.4. The minimum atomic E-state index is -3.35. The summed E-state index contributed by atoms with van der Waals surface area (Å²) in [4.78, 5) is 9.15. The van der Waals surface area contributed by atoms with E-state index in [1.165, 1.54) is 5.56 Å². The quantitative estimate of drug-likeness (QED) is 0.390. The number of nitrogens with zero attached hydrogens (tertiary/aromatic N) is 3. The van der Waals surface area contributed by atoms with Crippen LogP contribution in [0.5, 0.6) is 0 Å². The van der Waals surface area contributed by atoms with Gasteiger partial charge >= 0.3 is 0 Å². The van der Waals surface area contributed by atoms with E-state index < -0.39 is 15.1 Å². The van der Waals surface area contributed by atoms with Gasteiger partial charge in [-0.1, -0.05) is 41.0 Å². The minimum absolute atomic E-state index is 0.214. The highest BCUT2D eigenvalue weighted by Gasteiger charge is 2.20. The first-order valence-electron chi connectivity index (χ1n) is 10.9. The largest absolute Gasteiger partial charge is 0.382 e. The normalized spacial score (nSPS) is 11.8. The van der Waals surface area contributed by atoms with Gasteiger partial charge in [0.05, 0.1) is 22.0 Å². The summed E-state index contributed by atoms with van der Waals surface area (Å²) in [6.45, 7) is 4.11. The van der Waals surface area contributed by atoms with Gasteiger partial charge in [-0.2, -0.15) is 0 Å². The van der Waals surface area contributed by atoms with E-state index in [1.54, 1.807) is 50.4 Å². The third-order valence-corrected chi connectivity index (χ3v) is 7.82. The predicted molar refractivity (Wildman–Crippen MR) is 136 cm³/mol. The number of rotatable bonds is 7. The van der Waals surface area contributed by atoms with E-state index in [0.717, 1.165) is 17.6 Å². The molecule has 0 unspecified atom stereocenters. The number of anilines is 1. The number of nitrogens with two attached hydrogens (primary N) is 1. The molecular formula is C24H26BN5O3S. The van der Waals surface area contributed by atoms with Crippen LogP contribution in [0.2, 0.25) is 0 Å². The van der Waals surface area contributed by atoms with Crippen LogP contribution in [0.3, 0.4) is 0 Å². The first kappa shape index (κ1) is 23.7. The van der Waals surface area contributed by atoms with Crippen molar-refractivity contribution in [1.82, 2.24) is 20.4 Å². The van der Waals surface area contributed by atoms with Crippen molar-refractivity contribution in [3.8, 4) is 34.0 Å². The van der Waals surface area contributed by atoms with Crippen molar-refractivity contribution in [1.29, 1.82) is 0 Å². The molecule has 0 aliphatic carbocycles. The van der Waals surface area contributed by atoms with E-state index in [0.29, 0.717) is 28.4 Å². The highest BCUT2D eigenvalue weighted by Crippen LogP contribution is 2.30. The Morgan fingerprint density at radius 1 is 1.06 bits per heavy atom. The molecule has 0 amide bonds. The van der Waals surface area contributed by atoms with Crippen LogP contribution in [-0.4, -0.2) is 43.7 Å². The molecule has 2 aromatic carbocycles. The van der Waals surface area contributed by atoms with Crippen molar-refractivity contribution in [3.05, 3.63) is 60.3 Å². The molecule has 2 heterocycles. The standard InChI is InChI=1S/C24H26BN5O3S/c1-14(2)34(31,32)18-8-6-15(7-9-18)21-13-28-24(26)23(29-21)22-11-20(30-33-22)16-4-5-17(12-27-3)19(25)10-16/h4-11,13-14,27H,12,25H2,1-3H3,(H2,26,28). The summed E-state index contributed by atoms with van der Waals surface area (Å²) in [5.74, 6) is 0.615. The summed E-state index contributed by atoms with van der Waals surface area (Å²) >= 11 is 0. The molecule has 0 radical (unpaired) electrons. The van der Waals surface area contributed by atoms with Gasteiger partial charge in [0.15, 0.2) is 27.1 Å². The highest BCUT2D eigenvalue weighted by molar-refractivity contribution is 7.92. The lowest BCUT2D eigenvalue weighted by Crippen LogP contribution is -2.16. The highest BCUT2D eigenvalue weighted by atomic mass is 32.2. The molecule has 0 bridgehead atoms. The van der Waals surface area contributed by atoms with Gasteiger partial charge in [-0.25, -0.2) is 18.4 Å². The lowest BCUT2D eigenvalue weighted by molar-refractivity contribution is 0.434. The molecule has 0 spiro atoms. The van der Waals surface area contributed by atoms with E-state index >= 15 is 0 Å². The van der Waals surface area contributed by atoms with Crippen LogP contribution in [0.4, 0.5) is 5.82 Å². The third kappa shape index (κ3) is 4.60. The average Bonchev–Trinajstić information content (AvgIpc) is 3.31. The van der Waals surface area contributed by atoms with Crippen molar-refractivity contribution in [3.63, 3.8) is 0 Å². The molecule has 0 aliphatic heterocycles. The second-order valence-corrected chi connectivity index (χ2v) is 10.9. The molecule has 8 nitrogen and oxygen atoms in total. The van der Waals surface area contributed by atoms with E-state index in [9.17, 15) is 8.42 Å². The van der Waals surface area contributed by atoms with Crippen LogP contribution in [0.15, 0.2) is 64.1 Å². The Morgan fingerprint density at radius 3 is 2.41 bits per heavy atom. The van der Waals surface area contributed by atoms with Gasteiger partial charge in [-0.3, -0.25) is 0 Å². The zero-order valence-corrected chi connectivity index (χ0v) is 20.3. The molecule has 2 aromatic heterocycles. The van der Waals surface area contributed by atoms with Gasteiger partial charge in [0.2, 0.25) is 0 Å². The van der Waals surface area contributed by atoms with E-state index in [2.05, 4.69) is 40.4 Å². The summed E-state index contributed by atoms with van der Waals surface area (Å²) in [5, 5.41) is 6.86. The van der Waals surface area contributed by atoms with Crippen molar-refractivity contribution in [2.45, 2.75) is 30.5 Å². The molecule has 0 atom stereocenters. The van der Waals surface area contributed by atoms with Crippen molar-refractivity contribution < 1.29 is 12.9 Å². The molecule has 3 N–H and O–H groups in total. The van der Waals surface area contributed by atoms with Crippen LogP contribution in [0.25, 0.3) is 34.0 Å². The molecule has 10 heteroatoms. The molecule has 0 saturated carbocycles. The Labute approximate surface area is 199 Å². The molecule has 0 fully saturated rings. The average molecular weight is 475 g/mol. The van der Waals surface area contributed by atoms with E-state index in [4.69, 9.17) is 10.3 Å². The van der Waals surface area contributed by atoms with Crippen molar-refractivity contribution >= 4 is 29.0 Å². The Hall–Kier alpha value is -3.50. The van der Waals surface area contributed by atoms with Crippen molar-refractivity contribution in [2.75, 3.05) is 12.8 Å². The topological polar surface area (TPSA) is 124 Å². The Morgan fingerprint density at radius 2 is 1.76 bits per heavy atom. The van der Waals surface area contributed by atoms with Crippen LogP contribution >= 0.6 is 0 Å². The number of hydrogen-bond acceptors (Lipinski definition) is 8. The molecule has 4 aromatic rings. The minimum Gasteiger partial charge on any atom is -0.382 e. The maximum Gasteiger partial charge on any atom is 0.189 e. The Balaban J connectivity index is 1.65. The molecule has 34 heavy (non-hydrogen) atoms. The maximum atomic E-state index is 12.4. The lowest BCUT2D eigenvalue weighted by atomic mass is 9.88. The summed E-state index contributed by atoms with van der Waals surface area (Å²) in [6, 6.07) is 14.5. The molecular weight excluding hydrogens is 449 g/mol. The molecule has 174 valence electrons. The number of aromatic nitrogens is 3. The molecule has 4 rings (SSSR count). The molecule has 0 aliphatic rings. The smallest absolute Gasteiger partial charge is 0.189 e. The van der Waals surface area contributed by atoms with Crippen LogP contribution in [0.1, 0.15) is 19.4 Å². The SMILES string of the molecule is Bc1cc(-c2cc(-c3nc(-c4ccc(S(=O)(=O)C(C)C)cc4)cnc3N)on2)ccc1CNC. The van der Waals surface area contributed by atoms with Gasteiger partial charge in [-0.05, 0) is 38.6 Å². The van der Waals surface area contributed by atoms with Gasteiger partial charge in [0.1, 0.15) is 13.5 Å². The fraction of sp³-hybridized carbons (Fsp3) is 0.208. The van der Waals surface area contributed by atoms with Gasteiger partial charge in [-0.15, -0.1) is 0 Å². The zero-order valence-electron chi connectivity index (χ0n) is 19.5. The second-order valence-electron chi connectivity index (χ2n) is 8.36. The number of nitrogen functional groups attached to an aromatic ring is 1. The fourth-order valence-electron chi connectivity index (χ4n) is 3.57. The fourth-order valence-corrected chi connectivity index (χ4v) is 4.63. The van der Waals surface area contributed by atoms with Crippen molar-refractivity contribution in [2.24, 2.45) is 0 Å². The van der Waals surface area contributed by atoms with Crippen LogP contribution in [0, 0.1) is 0 Å². The van der Waals surface area contributed by atoms with E-state index in [-0.39, 0.29) is 10.7 Å². The number of nitrogens with one attached hydrogen (secondary N) is 1. The van der Waals surface area contributed by atoms with Gasteiger partial charge in [0.25, 0.3) is 0 Å². The number of benzene rings is 2. The lowest BCUT2D eigenvalue weighted by Gasteiger charge is -2.09. The van der Waals surface area contributed by atoms with Gasteiger partial charge < -0.3 is 15.6 Å². The monoisotopic (exact) mass is 475 g/mol. The van der Waals surface area contributed by atoms with Gasteiger partial charge in [0, 0.05) is 23.7 Å². The van der Waals surface area contributed by atoms with E-state index in [1.807, 2.05) is 13.1 Å². The molecule has 0 saturated heterocycles. The Kier molecular flexibility index (Phi) is 6.54. The third-order valence-electron chi connectivity index (χ3n) is 5.65. The number of hydrogen-bond donors (Lipinski definition) is 2. The first-order chi connectivity index (χ1) is 16.2. The zero-order chi connectivity index (χ0) is 24.5. The summed E-state index contributed by atoms with van der Waals surface area (Å²) in [5.41, 5.74) is 11.7. The predicted octanol–water partition coefficient (Wildman–Crippen LogP) is 2.21. The number of sulfone groups is 1. The van der Waals surface area contributed by atoms with Crippen LogP contribution in [-0.2, 0) is 16.4 Å². The summed E-state index contributed by atoms with van der Waals surface area (Å²) in [7, 11) is 0.623. The Bertz CT molecular complexity index is 1430. The summed E-state index contributed by atoms with van der Waals surface area (Å²) in [6.07, 6.45) is 1.55. The van der Waals surface area contributed by atoms with Crippen LogP contribution < -0.4 is 16.5 Å². The maximum absolute atomic E-state index is 12.4.